The number of hydrogen-bond donors (Lipinski definition) is 0. The van der Waals surface area contributed by atoms with Gasteiger partial charge in [0.05, 0.1) is 7.11 Å². The summed E-state index contributed by atoms with van der Waals surface area (Å²) in [5.74, 6) is 0.412. The van der Waals surface area contributed by atoms with Gasteiger partial charge in [-0.1, -0.05) is 6.42 Å². The molecule has 0 N–H and O–H groups in total. The first-order chi connectivity index (χ1) is 11.1. The van der Waals surface area contributed by atoms with Crippen molar-refractivity contribution >= 4 is 11.6 Å². The second-order valence-corrected chi connectivity index (χ2v) is 6.39. The van der Waals surface area contributed by atoms with E-state index < -0.39 is 0 Å². The number of nitrogens with zero attached hydrogens (tertiary/aromatic N) is 4. The molecule has 1 saturated heterocycles. The molecule has 0 aromatic carbocycles. The van der Waals surface area contributed by atoms with E-state index in [0.717, 1.165) is 18.8 Å². The third kappa shape index (κ3) is 3.22. The standard InChI is InChI=1S/C17H24N4O2/c1-12(2)20-9-5-4-7-13(20)11-15-18-16-14(17(22)23-3)8-6-10-21(16)19-15/h6,8,10,12-13H,4-5,7,9,11H2,1-3H3. The van der Waals surface area contributed by atoms with Crippen molar-refractivity contribution in [1.82, 2.24) is 19.5 Å². The first-order valence-electron chi connectivity index (χ1n) is 8.28. The Morgan fingerprint density at radius 2 is 2.26 bits per heavy atom. The molecule has 23 heavy (non-hydrogen) atoms. The highest BCUT2D eigenvalue weighted by atomic mass is 16.5. The van der Waals surface area contributed by atoms with Crippen LogP contribution >= 0.6 is 0 Å². The van der Waals surface area contributed by atoms with Crippen molar-refractivity contribution < 1.29 is 9.53 Å². The summed E-state index contributed by atoms with van der Waals surface area (Å²) in [7, 11) is 1.38. The van der Waals surface area contributed by atoms with Crippen LogP contribution in [0, 0.1) is 0 Å². The van der Waals surface area contributed by atoms with Crippen molar-refractivity contribution in [2.75, 3.05) is 13.7 Å². The van der Waals surface area contributed by atoms with Gasteiger partial charge in [0.25, 0.3) is 0 Å². The SMILES string of the molecule is COC(=O)c1cccn2nc(CC3CCCCN3C(C)C)nc12. The maximum atomic E-state index is 11.9. The Balaban J connectivity index is 1.87. The number of rotatable bonds is 4. The van der Waals surface area contributed by atoms with Gasteiger partial charge in [0.15, 0.2) is 11.5 Å². The minimum atomic E-state index is -0.379. The number of carbonyl (C=O) groups excluding carboxylic acids is 1. The quantitative estimate of drug-likeness (QED) is 0.810. The second kappa shape index (κ2) is 6.66. The van der Waals surface area contributed by atoms with Gasteiger partial charge in [0.2, 0.25) is 0 Å². The average Bonchev–Trinajstić information content (AvgIpc) is 2.96. The summed E-state index contributed by atoms with van der Waals surface area (Å²) in [5.41, 5.74) is 1.03. The third-order valence-electron chi connectivity index (χ3n) is 4.57. The average molecular weight is 316 g/mol. The molecule has 1 fully saturated rings. The van der Waals surface area contributed by atoms with Crippen molar-refractivity contribution in [3.8, 4) is 0 Å². The predicted octanol–water partition coefficient (Wildman–Crippen LogP) is 2.32. The number of hydrogen-bond acceptors (Lipinski definition) is 5. The molecule has 6 heteroatoms. The van der Waals surface area contributed by atoms with Gasteiger partial charge in [0, 0.05) is 24.7 Å². The lowest BCUT2D eigenvalue weighted by Gasteiger charge is -2.38. The van der Waals surface area contributed by atoms with Crippen molar-refractivity contribution in [2.45, 2.75) is 51.6 Å². The number of methoxy groups -OCH3 is 1. The number of aromatic nitrogens is 3. The minimum Gasteiger partial charge on any atom is -0.465 e. The second-order valence-electron chi connectivity index (χ2n) is 6.39. The highest BCUT2D eigenvalue weighted by Crippen LogP contribution is 2.22. The number of pyridine rings is 1. The molecule has 6 nitrogen and oxygen atoms in total. The molecule has 2 aromatic rings. The largest absolute Gasteiger partial charge is 0.465 e. The number of esters is 1. The zero-order valence-corrected chi connectivity index (χ0v) is 14.0. The molecule has 0 bridgehead atoms. The lowest BCUT2D eigenvalue weighted by atomic mass is 9.97. The van der Waals surface area contributed by atoms with Gasteiger partial charge in [-0.25, -0.2) is 14.3 Å². The Morgan fingerprint density at radius 1 is 1.43 bits per heavy atom. The molecule has 0 aliphatic carbocycles. The van der Waals surface area contributed by atoms with E-state index in [1.165, 1.54) is 26.4 Å². The Morgan fingerprint density at radius 3 is 3.00 bits per heavy atom. The molecule has 0 saturated carbocycles. The Labute approximate surface area is 136 Å². The summed E-state index contributed by atoms with van der Waals surface area (Å²) in [6, 6.07) is 4.52. The molecule has 1 atom stereocenters. The molecule has 1 unspecified atom stereocenters. The number of piperidine rings is 1. The van der Waals surface area contributed by atoms with E-state index in [2.05, 4.69) is 28.8 Å². The molecule has 3 heterocycles. The fraction of sp³-hybridized carbons (Fsp3) is 0.588. The first-order valence-corrected chi connectivity index (χ1v) is 8.28. The number of likely N-dealkylation sites (tertiary alicyclic amines) is 1. The van der Waals surface area contributed by atoms with E-state index in [-0.39, 0.29) is 5.97 Å². The van der Waals surface area contributed by atoms with Crippen LogP contribution in [0.25, 0.3) is 5.65 Å². The topological polar surface area (TPSA) is 59.7 Å². The van der Waals surface area contributed by atoms with E-state index in [0.29, 0.717) is 23.3 Å². The summed E-state index contributed by atoms with van der Waals surface area (Å²) >= 11 is 0. The third-order valence-corrected chi connectivity index (χ3v) is 4.57. The van der Waals surface area contributed by atoms with E-state index in [4.69, 9.17) is 4.74 Å². The Bertz CT molecular complexity index is 695. The van der Waals surface area contributed by atoms with Crippen molar-refractivity contribution in [1.29, 1.82) is 0 Å². The van der Waals surface area contributed by atoms with E-state index >= 15 is 0 Å². The molecule has 1 aliphatic rings. The van der Waals surface area contributed by atoms with Crippen molar-refractivity contribution in [3.05, 3.63) is 29.7 Å². The zero-order chi connectivity index (χ0) is 16.4. The fourth-order valence-corrected chi connectivity index (χ4v) is 3.44. The van der Waals surface area contributed by atoms with Crippen LogP contribution in [0.1, 0.15) is 49.3 Å². The van der Waals surface area contributed by atoms with Gasteiger partial charge < -0.3 is 4.74 Å². The lowest BCUT2D eigenvalue weighted by molar-refractivity contribution is 0.0602. The predicted molar refractivity (Wildman–Crippen MR) is 87.5 cm³/mol. The van der Waals surface area contributed by atoms with Crippen LogP contribution < -0.4 is 0 Å². The van der Waals surface area contributed by atoms with E-state index in [1.54, 1.807) is 16.6 Å². The maximum absolute atomic E-state index is 11.9. The maximum Gasteiger partial charge on any atom is 0.341 e. The van der Waals surface area contributed by atoms with E-state index in [1.807, 2.05) is 6.20 Å². The smallest absolute Gasteiger partial charge is 0.341 e. The monoisotopic (exact) mass is 316 g/mol. The van der Waals surface area contributed by atoms with Gasteiger partial charge in [0.1, 0.15) is 5.56 Å². The van der Waals surface area contributed by atoms with Crippen LogP contribution in [0.5, 0.6) is 0 Å². The number of ether oxygens (including phenoxy) is 1. The highest BCUT2D eigenvalue weighted by Gasteiger charge is 2.26. The van der Waals surface area contributed by atoms with Crippen LogP contribution in [0.15, 0.2) is 18.3 Å². The molecule has 2 aromatic heterocycles. The lowest BCUT2D eigenvalue weighted by Crippen LogP contribution is -2.45. The molecular weight excluding hydrogens is 292 g/mol. The van der Waals surface area contributed by atoms with Crippen molar-refractivity contribution in [3.63, 3.8) is 0 Å². The van der Waals surface area contributed by atoms with Gasteiger partial charge >= 0.3 is 5.97 Å². The van der Waals surface area contributed by atoms with Crippen LogP contribution in [0.3, 0.4) is 0 Å². The molecule has 0 spiro atoms. The Hall–Kier alpha value is -1.95. The van der Waals surface area contributed by atoms with Crippen LogP contribution in [-0.2, 0) is 11.2 Å². The van der Waals surface area contributed by atoms with Gasteiger partial charge in [-0.2, -0.15) is 5.10 Å². The van der Waals surface area contributed by atoms with E-state index in [9.17, 15) is 4.79 Å². The summed E-state index contributed by atoms with van der Waals surface area (Å²) in [4.78, 5) is 19.0. The fourth-order valence-electron chi connectivity index (χ4n) is 3.44. The number of fused-ring (bicyclic) bond motifs is 1. The molecule has 124 valence electrons. The molecule has 0 radical (unpaired) electrons. The minimum absolute atomic E-state index is 0.379. The molecular formula is C17H24N4O2. The van der Waals surface area contributed by atoms with Crippen LogP contribution in [0.2, 0.25) is 0 Å². The van der Waals surface area contributed by atoms with Crippen molar-refractivity contribution in [2.24, 2.45) is 0 Å². The van der Waals surface area contributed by atoms with Gasteiger partial charge in [-0.3, -0.25) is 4.90 Å². The summed E-state index contributed by atoms with van der Waals surface area (Å²) < 4.78 is 6.49. The number of carbonyl (C=O) groups is 1. The van der Waals surface area contributed by atoms with Crippen LogP contribution in [-0.4, -0.2) is 51.2 Å². The first kappa shape index (κ1) is 15.9. The summed E-state index contributed by atoms with van der Waals surface area (Å²) in [6.45, 7) is 5.62. The van der Waals surface area contributed by atoms with Gasteiger partial charge in [-0.15, -0.1) is 0 Å². The molecule has 1 aliphatic heterocycles. The molecule has 0 amide bonds. The summed E-state index contributed by atoms with van der Waals surface area (Å²) in [5, 5.41) is 4.55. The summed E-state index contributed by atoms with van der Waals surface area (Å²) in [6.07, 6.45) is 6.34. The van der Waals surface area contributed by atoms with Gasteiger partial charge in [-0.05, 0) is 45.4 Å². The van der Waals surface area contributed by atoms with Crippen LogP contribution in [0.4, 0.5) is 0 Å². The normalized spacial score (nSPS) is 19.4. The molecule has 3 rings (SSSR count). The zero-order valence-electron chi connectivity index (χ0n) is 14.0. The highest BCUT2D eigenvalue weighted by molar-refractivity contribution is 5.95. The Kier molecular flexibility index (Phi) is 4.61.